The van der Waals surface area contributed by atoms with Crippen LogP contribution in [0.5, 0.6) is 0 Å². The Bertz CT molecular complexity index is 932. The van der Waals surface area contributed by atoms with Gasteiger partial charge in [0.25, 0.3) is 0 Å². The molecule has 2 aliphatic rings. The maximum atomic E-state index is 13.3. The number of likely N-dealkylation sites (tertiary alicyclic amines) is 1. The lowest BCUT2D eigenvalue weighted by atomic mass is 9.69. The number of nitrogens with zero attached hydrogens (tertiary/aromatic N) is 1. The average Bonchev–Trinajstić information content (AvgIpc) is 3.16. The SMILES string of the molecule is COCCN1C(=O)CCC2(C(=O)NCCc3c[nH]c4ccccc34)CCCC=C12. The number of nitrogens with one attached hydrogen (secondary N) is 2. The largest absolute Gasteiger partial charge is 0.383 e. The van der Waals surface area contributed by atoms with E-state index in [9.17, 15) is 9.59 Å². The highest BCUT2D eigenvalue weighted by Gasteiger charge is 2.49. The van der Waals surface area contributed by atoms with Crippen LogP contribution in [0.25, 0.3) is 10.9 Å². The molecule has 4 rings (SSSR count). The lowest BCUT2D eigenvalue weighted by Crippen LogP contribution is -2.53. The highest BCUT2D eigenvalue weighted by Crippen LogP contribution is 2.46. The van der Waals surface area contributed by atoms with E-state index in [1.165, 1.54) is 10.9 Å². The highest BCUT2D eigenvalue weighted by atomic mass is 16.5. The van der Waals surface area contributed by atoms with Crippen LogP contribution in [0.4, 0.5) is 0 Å². The fraction of sp³-hybridized carbons (Fsp3) is 0.478. The van der Waals surface area contributed by atoms with Crippen molar-refractivity contribution in [1.29, 1.82) is 0 Å². The minimum absolute atomic E-state index is 0.0539. The monoisotopic (exact) mass is 395 g/mol. The van der Waals surface area contributed by atoms with Crippen LogP contribution in [-0.4, -0.2) is 48.5 Å². The number of piperidine rings is 1. The quantitative estimate of drug-likeness (QED) is 0.756. The van der Waals surface area contributed by atoms with E-state index in [1.54, 1.807) is 12.0 Å². The molecule has 2 aromatic rings. The number of H-pyrrole nitrogens is 1. The van der Waals surface area contributed by atoms with Gasteiger partial charge in [-0.05, 0) is 43.7 Å². The van der Waals surface area contributed by atoms with E-state index in [2.05, 4.69) is 28.5 Å². The van der Waals surface area contributed by atoms with Crippen LogP contribution in [0.15, 0.2) is 42.2 Å². The van der Waals surface area contributed by atoms with Gasteiger partial charge in [0.15, 0.2) is 0 Å². The second-order valence-corrected chi connectivity index (χ2v) is 7.97. The summed E-state index contributed by atoms with van der Waals surface area (Å²) in [4.78, 5) is 30.9. The number of ether oxygens (including phenoxy) is 1. The minimum atomic E-state index is -0.583. The molecule has 6 nitrogen and oxygen atoms in total. The molecule has 0 bridgehead atoms. The Morgan fingerprint density at radius 3 is 3.03 bits per heavy atom. The van der Waals surface area contributed by atoms with Crippen LogP contribution < -0.4 is 5.32 Å². The Morgan fingerprint density at radius 1 is 1.31 bits per heavy atom. The molecule has 29 heavy (non-hydrogen) atoms. The third kappa shape index (κ3) is 3.69. The maximum Gasteiger partial charge on any atom is 0.232 e. The van der Waals surface area contributed by atoms with Gasteiger partial charge < -0.3 is 19.9 Å². The van der Waals surface area contributed by atoms with Crippen molar-refractivity contribution in [2.45, 2.75) is 38.5 Å². The number of amides is 2. The van der Waals surface area contributed by atoms with Crippen LogP contribution in [0, 0.1) is 5.41 Å². The van der Waals surface area contributed by atoms with Gasteiger partial charge in [-0.2, -0.15) is 0 Å². The van der Waals surface area contributed by atoms with Gasteiger partial charge in [0.2, 0.25) is 11.8 Å². The molecule has 1 fully saturated rings. The molecule has 2 amide bonds. The zero-order valence-electron chi connectivity index (χ0n) is 17.0. The molecule has 1 aromatic heterocycles. The van der Waals surface area contributed by atoms with Crippen LogP contribution in [0.1, 0.15) is 37.7 Å². The Hall–Kier alpha value is -2.60. The van der Waals surface area contributed by atoms with Crippen molar-refractivity contribution in [3.8, 4) is 0 Å². The van der Waals surface area contributed by atoms with Crippen LogP contribution in [0.2, 0.25) is 0 Å². The summed E-state index contributed by atoms with van der Waals surface area (Å²) in [7, 11) is 1.63. The van der Waals surface area contributed by atoms with Gasteiger partial charge >= 0.3 is 0 Å². The first-order valence-corrected chi connectivity index (χ1v) is 10.5. The van der Waals surface area contributed by atoms with Crippen molar-refractivity contribution in [2.75, 3.05) is 26.8 Å². The van der Waals surface area contributed by atoms with E-state index < -0.39 is 5.41 Å². The van der Waals surface area contributed by atoms with E-state index in [4.69, 9.17) is 4.74 Å². The Balaban J connectivity index is 1.46. The maximum absolute atomic E-state index is 13.3. The number of aromatic nitrogens is 1. The standard InChI is InChI=1S/C23H29N3O3/c1-29-15-14-26-20-8-4-5-11-23(20,12-9-21(26)27)22(28)24-13-10-17-16-25-19-7-3-2-6-18(17)19/h2-3,6-8,16,25H,4-5,9-15H2,1H3,(H,24,28). The number of aromatic amines is 1. The number of carbonyl (C=O) groups is 2. The van der Waals surface area contributed by atoms with Crippen molar-refractivity contribution >= 4 is 22.7 Å². The van der Waals surface area contributed by atoms with Crippen molar-refractivity contribution in [3.05, 3.63) is 47.8 Å². The summed E-state index contributed by atoms with van der Waals surface area (Å²) >= 11 is 0. The summed E-state index contributed by atoms with van der Waals surface area (Å²) in [5, 5.41) is 4.37. The molecule has 154 valence electrons. The molecule has 1 saturated heterocycles. The lowest BCUT2D eigenvalue weighted by Gasteiger charge is -2.46. The molecule has 0 spiro atoms. The predicted octanol–water partition coefficient (Wildman–Crippen LogP) is 3.15. The zero-order valence-corrected chi connectivity index (χ0v) is 17.0. The summed E-state index contributed by atoms with van der Waals surface area (Å²) in [5.74, 6) is 0.149. The topological polar surface area (TPSA) is 74.4 Å². The molecule has 2 N–H and O–H groups in total. The molecule has 6 heteroatoms. The number of allylic oxidation sites excluding steroid dienone is 1. The van der Waals surface area contributed by atoms with Crippen LogP contribution in [-0.2, 0) is 20.7 Å². The summed E-state index contributed by atoms with van der Waals surface area (Å²) in [6.45, 7) is 1.56. The number of hydrogen-bond acceptors (Lipinski definition) is 3. The lowest BCUT2D eigenvalue weighted by molar-refractivity contribution is -0.141. The van der Waals surface area contributed by atoms with Crippen molar-refractivity contribution in [1.82, 2.24) is 15.2 Å². The molecule has 1 atom stereocenters. The molecular weight excluding hydrogens is 366 g/mol. The third-order valence-corrected chi connectivity index (χ3v) is 6.30. The molecule has 1 aliphatic heterocycles. The first-order chi connectivity index (χ1) is 14.2. The number of fused-ring (bicyclic) bond motifs is 2. The molecule has 0 saturated carbocycles. The fourth-order valence-electron chi connectivity index (χ4n) is 4.77. The summed E-state index contributed by atoms with van der Waals surface area (Å²) in [5.41, 5.74) is 2.63. The van der Waals surface area contributed by atoms with E-state index in [0.717, 1.165) is 36.9 Å². The van der Waals surface area contributed by atoms with Crippen molar-refractivity contribution in [2.24, 2.45) is 5.41 Å². The molecule has 0 radical (unpaired) electrons. The second kappa shape index (κ2) is 8.41. The Morgan fingerprint density at radius 2 is 2.17 bits per heavy atom. The number of benzene rings is 1. The van der Waals surface area contributed by atoms with Gasteiger partial charge in [0.1, 0.15) is 0 Å². The average molecular weight is 396 g/mol. The van der Waals surface area contributed by atoms with Gasteiger partial charge in [-0.3, -0.25) is 9.59 Å². The molecular formula is C23H29N3O3. The van der Waals surface area contributed by atoms with Gasteiger partial charge in [-0.25, -0.2) is 0 Å². The number of hydrogen-bond donors (Lipinski definition) is 2. The van der Waals surface area contributed by atoms with Gasteiger partial charge in [0.05, 0.1) is 12.0 Å². The Labute approximate surface area is 171 Å². The van der Waals surface area contributed by atoms with E-state index >= 15 is 0 Å². The molecule has 1 unspecified atom stereocenters. The second-order valence-electron chi connectivity index (χ2n) is 7.97. The van der Waals surface area contributed by atoms with E-state index in [-0.39, 0.29) is 11.8 Å². The van der Waals surface area contributed by atoms with Gasteiger partial charge in [0, 0.05) is 49.4 Å². The van der Waals surface area contributed by atoms with Crippen LogP contribution in [0.3, 0.4) is 0 Å². The number of carbonyl (C=O) groups excluding carboxylic acids is 2. The first kappa shape index (κ1) is 19.7. The first-order valence-electron chi connectivity index (χ1n) is 10.5. The van der Waals surface area contributed by atoms with E-state index in [1.807, 2.05) is 18.3 Å². The predicted molar refractivity (Wildman–Crippen MR) is 112 cm³/mol. The normalized spacial score (nSPS) is 21.8. The molecule has 1 aromatic carbocycles. The van der Waals surface area contributed by atoms with Crippen molar-refractivity contribution < 1.29 is 14.3 Å². The smallest absolute Gasteiger partial charge is 0.232 e. The molecule has 1 aliphatic carbocycles. The summed E-state index contributed by atoms with van der Waals surface area (Å²) in [6, 6.07) is 8.21. The van der Waals surface area contributed by atoms with Gasteiger partial charge in [-0.1, -0.05) is 24.3 Å². The zero-order chi connectivity index (χ0) is 20.3. The fourth-order valence-corrected chi connectivity index (χ4v) is 4.77. The number of methoxy groups -OCH3 is 1. The van der Waals surface area contributed by atoms with Gasteiger partial charge in [-0.15, -0.1) is 0 Å². The van der Waals surface area contributed by atoms with Crippen molar-refractivity contribution in [3.63, 3.8) is 0 Å². The Kier molecular flexibility index (Phi) is 5.72. The minimum Gasteiger partial charge on any atom is -0.383 e. The van der Waals surface area contributed by atoms with E-state index in [0.29, 0.717) is 32.5 Å². The molecule has 2 heterocycles. The van der Waals surface area contributed by atoms with Crippen LogP contribution >= 0.6 is 0 Å². The highest BCUT2D eigenvalue weighted by molar-refractivity contribution is 5.91. The third-order valence-electron chi connectivity index (χ3n) is 6.30. The summed E-state index contributed by atoms with van der Waals surface area (Å²) in [6.07, 6.45) is 8.59. The number of rotatable bonds is 7. The number of para-hydroxylation sites is 1. The summed E-state index contributed by atoms with van der Waals surface area (Å²) < 4.78 is 5.18.